The summed E-state index contributed by atoms with van der Waals surface area (Å²) in [7, 11) is -29.9. The normalized spacial score (nSPS) is 19.0. The van der Waals surface area contributed by atoms with Crippen LogP contribution in [0.4, 0.5) is 11.4 Å². The van der Waals surface area contributed by atoms with E-state index >= 15 is 0 Å². The number of fused-ring (bicyclic) bond motifs is 6. The van der Waals surface area contributed by atoms with Crippen molar-refractivity contribution in [3.63, 3.8) is 0 Å². The Hall–Kier alpha value is -5.25. The predicted molar refractivity (Wildman–Crippen MR) is 280 cm³/mol. The van der Waals surface area contributed by atoms with Crippen molar-refractivity contribution in [3.8, 4) is 0 Å². The van der Waals surface area contributed by atoms with Gasteiger partial charge in [-0.25, -0.2) is 0 Å². The summed E-state index contributed by atoms with van der Waals surface area (Å²) in [4.78, 5) is 21.0. The molecule has 0 saturated carbocycles. The zero-order valence-electron chi connectivity index (χ0n) is 41.3. The van der Waals surface area contributed by atoms with Crippen LogP contribution in [0.2, 0.25) is 0 Å². The SMILES string of the molecule is CC1(CCCCCC(=O)O)C(/C=C/C=C2/N(CCCS(=O)(=O)O)c3ccc4c(S(=O)(=O)O)cc(S(=O)(=O)O)cc4c3C2(C)CCCCCC(=O)O)=[N+](CCCS(=O)(=O)O)c2ccc3c(S(=O)(=O)O)cc(S(=O)(=O)O)cc3c21. The van der Waals surface area contributed by atoms with Crippen LogP contribution in [0.3, 0.4) is 0 Å². The van der Waals surface area contributed by atoms with E-state index in [2.05, 4.69) is 0 Å². The first-order valence-electron chi connectivity index (χ1n) is 23.7. The van der Waals surface area contributed by atoms with E-state index in [1.807, 2.05) is 0 Å². The summed E-state index contributed by atoms with van der Waals surface area (Å²) in [6.07, 6.45) is 5.51. The van der Waals surface area contributed by atoms with Gasteiger partial charge in [0.1, 0.15) is 16.3 Å². The molecule has 24 nitrogen and oxygen atoms in total. The van der Waals surface area contributed by atoms with Crippen molar-refractivity contribution in [1.29, 1.82) is 0 Å². The largest absolute Gasteiger partial charge is 0.481 e. The van der Waals surface area contributed by atoms with E-state index in [9.17, 15) is 97.6 Å². The number of allylic oxidation sites excluding steroid dienone is 4. The average Bonchev–Trinajstić information content (AvgIpc) is 3.66. The van der Waals surface area contributed by atoms with Crippen molar-refractivity contribution in [2.75, 3.05) is 29.5 Å². The Morgan fingerprint density at radius 1 is 0.545 bits per heavy atom. The van der Waals surface area contributed by atoms with E-state index in [-0.39, 0.29) is 121 Å². The third kappa shape index (κ3) is 14.0. The minimum absolute atomic E-state index is 0.0908. The molecule has 2 aliphatic rings. The maximum atomic E-state index is 12.9. The number of unbranched alkanes of at least 4 members (excludes halogenated alkanes) is 4. The standard InChI is InChI=1S/C47H56N2O22S6/c1-46(20-7-3-5-14-42(50)51)40(48(22-10-24-72(54,55)56)36-18-16-32-34(44(36)46)26-30(74(60,61)62)28-38(32)76(66,67)68)12-9-13-41-47(2,21-8-4-6-15-43(52)53)45-35-27-31(75(63,64)65)29-39(77(69,70)71)33(35)17-19-37(45)49(41)23-11-25-73(57,58)59/h9,12-13,16-19,26-29H,3-8,10-11,14-15,20-25H2,1-2H3,(H7-,50,51,52,53,54,55,56,57,58,59,60,61,62,63,64,65,66,67,68,69,70,71)/p+1. The quantitative estimate of drug-likeness (QED) is 0.0198. The van der Waals surface area contributed by atoms with Crippen molar-refractivity contribution in [2.45, 2.75) is 121 Å². The first-order chi connectivity index (χ1) is 35.4. The highest BCUT2D eigenvalue weighted by Crippen LogP contribution is 2.55. The van der Waals surface area contributed by atoms with Crippen LogP contribution < -0.4 is 4.90 Å². The molecule has 422 valence electrons. The second-order valence-electron chi connectivity index (χ2n) is 19.3. The van der Waals surface area contributed by atoms with Gasteiger partial charge >= 0.3 is 11.9 Å². The molecule has 0 amide bonds. The molecular weight excluding hydrogens is 1140 g/mol. The molecule has 0 aromatic heterocycles. The van der Waals surface area contributed by atoms with Crippen molar-refractivity contribution in [1.82, 2.24) is 0 Å². The van der Waals surface area contributed by atoms with E-state index in [1.165, 1.54) is 30.3 Å². The van der Waals surface area contributed by atoms with Crippen LogP contribution in [-0.4, -0.2) is 135 Å². The second kappa shape index (κ2) is 22.5. The van der Waals surface area contributed by atoms with Crippen LogP contribution in [0.25, 0.3) is 21.5 Å². The molecule has 8 N–H and O–H groups in total. The number of anilines is 1. The highest BCUT2D eigenvalue weighted by Gasteiger charge is 2.50. The number of aliphatic carboxylic acids is 2. The Morgan fingerprint density at radius 2 is 1.01 bits per heavy atom. The summed E-state index contributed by atoms with van der Waals surface area (Å²) in [5.41, 5.74) is -1.16. The van der Waals surface area contributed by atoms with Gasteiger partial charge in [0.15, 0.2) is 5.71 Å². The molecule has 0 bridgehead atoms. The Bertz CT molecular complexity index is 3870. The van der Waals surface area contributed by atoms with Gasteiger partial charge in [-0.1, -0.05) is 37.8 Å². The fourth-order valence-corrected chi connectivity index (χ4v) is 14.3. The van der Waals surface area contributed by atoms with Gasteiger partial charge in [-0.3, -0.25) is 36.9 Å². The number of hydrogen-bond acceptors (Lipinski definition) is 15. The number of hydrogen-bond donors (Lipinski definition) is 8. The predicted octanol–water partition coefficient (Wildman–Crippen LogP) is 6.18. The third-order valence-corrected chi connectivity index (χ3v) is 18.9. The van der Waals surface area contributed by atoms with E-state index in [0.29, 0.717) is 36.4 Å². The Balaban J connectivity index is 1.69. The lowest BCUT2D eigenvalue weighted by Crippen LogP contribution is -2.32. The van der Waals surface area contributed by atoms with E-state index in [1.54, 1.807) is 35.5 Å². The molecule has 0 spiro atoms. The number of carboxylic acids is 2. The van der Waals surface area contributed by atoms with Gasteiger partial charge in [0.25, 0.3) is 60.7 Å². The van der Waals surface area contributed by atoms with Crippen LogP contribution in [0.15, 0.2) is 92.0 Å². The summed E-state index contributed by atoms with van der Waals surface area (Å²) in [5, 5.41) is 18.2. The van der Waals surface area contributed by atoms with Crippen molar-refractivity contribution in [2.24, 2.45) is 0 Å². The number of carboxylic acid groups (broad SMARTS) is 2. The van der Waals surface area contributed by atoms with Gasteiger partial charge in [-0.15, -0.1) is 0 Å². The zero-order chi connectivity index (χ0) is 57.5. The van der Waals surface area contributed by atoms with E-state index in [0.717, 1.165) is 12.1 Å². The minimum Gasteiger partial charge on any atom is -0.481 e. The summed E-state index contributed by atoms with van der Waals surface area (Å²) < 4.78 is 213. The zero-order valence-corrected chi connectivity index (χ0v) is 46.2. The first kappa shape index (κ1) is 61.0. The molecule has 4 aromatic rings. The van der Waals surface area contributed by atoms with Gasteiger partial charge < -0.3 is 15.1 Å². The molecule has 0 radical (unpaired) electrons. The minimum atomic E-state index is -5.21. The Kier molecular flexibility index (Phi) is 17.8. The Morgan fingerprint density at radius 3 is 1.48 bits per heavy atom. The van der Waals surface area contributed by atoms with Gasteiger partial charge in [0, 0.05) is 71.1 Å². The maximum Gasteiger partial charge on any atom is 0.303 e. The van der Waals surface area contributed by atoms with Crippen LogP contribution in [0.1, 0.15) is 102 Å². The van der Waals surface area contributed by atoms with Crippen LogP contribution in [0, 0.1) is 0 Å². The molecule has 6 rings (SSSR count). The maximum absolute atomic E-state index is 12.9. The molecule has 0 fully saturated rings. The van der Waals surface area contributed by atoms with E-state index < -0.39 is 115 Å². The summed E-state index contributed by atoms with van der Waals surface area (Å²) in [5.74, 6) is -3.66. The molecule has 4 aromatic carbocycles. The number of rotatable bonds is 26. The van der Waals surface area contributed by atoms with Gasteiger partial charge in [-0.2, -0.15) is 55.1 Å². The van der Waals surface area contributed by atoms with Crippen LogP contribution >= 0.6 is 0 Å². The number of benzene rings is 4. The van der Waals surface area contributed by atoms with Crippen molar-refractivity contribution >= 4 is 111 Å². The highest BCUT2D eigenvalue weighted by molar-refractivity contribution is 7.87. The first-order valence-corrected chi connectivity index (χ1v) is 32.6. The molecule has 2 heterocycles. The number of nitrogens with zero attached hydrogens (tertiary/aromatic N) is 2. The fourth-order valence-electron chi connectivity index (χ4n) is 10.6. The fraction of sp³-hybridized carbons (Fsp3) is 0.426. The lowest BCUT2D eigenvalue weighted by Gasteiger charge is -2.31. The summed E-state index contributed by atoms with van der Waals surface area (Å²) in [6, 6.07) is 8.53. The second-order valence-corrected chi connectivity index (χ2v) is 28.1. The molecule has 77 heavy (non-hydrogen) atoms. The van der Waals surface area contributed by atoms with Gasteiger partial charge in [0.2, 0.25) is 5.69 Å². The molecule has 2 unspecified atom stereocenters. The lowest BCUT2D eigenvalue weighted by molar-refractivity contribution is -0.437. The Labute approximate surface area is 445 Å². The van der Waals surface area contributed by atoms with E-state index in [4.69, 9.17) is 0 Å². The highest BCUT2D eigenvalue weighted by atomic mass is 32.2. The van der Waals surface area contributed by atoms with Gasteiger partial charge in [0.05, 0.1) is 26.7 Å². The molecular formula is C47H57N2O22S6+. The molecule has 2 atom stereocenters. The average molecular weight is 1190 g/mol. The summed E-state index contributed by atoms with van der Waals surface area (Å²) in [6.45, 7) is 2.99. The van der Waals surface area contributed by atoms with Crippen molar-refractivity contribution < 1.29 is 102 Å². The monoisotopic (exact) mass is 1190 g/mol. The van der Waals surface area contributed by atoms with Gasteiger partial charge in [-0.05, 0) is 105 Å². The molecule has 2 aliphatic heterocycles. The summed E-state index contributed by atoms with van der Waals surface area (Å²) >= 11 is 0. The number of carbonyl (C=O) groups is 2. The van der Waals surface area contributed by atoms with Crippen molar-refractivity contribution in [3.05, 3.63) is 83.6 Å². The van der Waals surface area contributed by atoms with Crippen LogP contribution in [-0.2, 0) is 81.1 Å². The third-order valence-electron chi connectivity index (χ3n) is 13.9. The van der Waals surface area contributed by atoms with Crippen LogP contribution in [0.5, 0.6) is 0 Å². The molecule has 0 aliphatic carbocycles. The molecule has 0 saturated heterocycles. The lowest BCUT2D eigenvalue weighted by atomic mass is 9.73. The smallest absolute Gasteiger partial charge is 0.303 e. The molecule has 30 heteroatoms. The topological polar surface area (TPSA) is 407 Å².